The van der Waals surface area contributed by atoms with Crippen molar-refractivity contribution in [3.8, 4) is 11.1 Å². The standard InChI is InChI=1S/C13H9.C13H10.C11H11.Zr/c1-3-7-12-10(5-1)9-11-6-2-4-8-13(11)12;1-3-7-12(8-4-1)11-13-9-5-2-6-10-13;1-8-7-10-5-3-4-6-11(10)9(8)2;/h1-9H;1-10H;3-7H,1-2H3;. The molecule has 0 spiro atoms. The van der Waals surface area contributed by atoms with Gasteiger partial charge in [-0.25, -0.2) is 0 Å². The number of benzene rings is 5. The molecule has 1 heteroatoms. The van der Waals surface area contributed by atoms with E-state index in [1.54, 1.807) is 14.3 Å². The minimum absolute atomic E-state index is 0.444. The van der Waals surface area contributed by atoms with Gasteiger partial charge in [-0.1, -0.05) is 0 Å². The molecule has 38 heavy (non-hydrogen) atoms. The molecule has 0 aromatic heterocycles. The molecule has 0 aliphatic heterocycles. The van der Waals surface area contributed by atoms with Gasteiger partial charge in [-0.2, -0.15) is 0 Å². The number of allylic oxidation sites excluding steroid dienone is 2. The Bertz CT molecular complexity index is 1640. The van der Waals surface area contributed by atoms with E-state index in [0.717, 1.165) is 0 Å². The maximum atomic E-state index is 2.42. The fourth-order valence-corrected chi connectivity index (χ4v) is 17.5. The fraction of sp³-hybridized carbons (Fsp3) is 0.108. The van der Waals surface area contributed by atoms with Gasteiger partial charge in [0.1, 0.15) is 0 Å². The summed E-state index contributed by atoms with van der Waals surface area (Å²) in [4.78, 5) is 0. The van der Waals surface area contributed by atoms with Crippen molar-refractivity contribution in [1.29, 1.82) is 0 Å². The van der Waals surface area contributed by atoms with Crippen LogP contribution in [0.5, 0.6) is 0 Å². The van der Waals surface area contributed by atoms with Gasteiger partial charge in [0.2, 0.25) is 0 Å². The third-order valence-corrected chi connectivity index (χ3v) is 17.8. The van der Waals surface area contributed by atoms with Gasteiger partial charge >= 0.3 is 235 Å². The molecule has 0 heterocycles. The van der Waals surface area contributed by atoms with Gasteiger partial charge in [0.25, 0.3) is 0 Å². The zero-order valence-corrected chi connectivity index (χ0v) is 24.3. The summed E-state index contributed by atoms with van der Waals surface area (Å²) in [5.74, 6) is 0. The zero-order valence-electron chi connectivity index (χ0n) is 21.9. The first-order chi connectivity index (χ1) is 18.7. The summed E-state index contributed by atoms with van der Waals surface area (Å²) in [6.45, 7) is 4.76. The van der Waals surface area contributed by atoms with E-state index in [2.05, 4.69) is 147 Å². The van der Waals surface area contributed by atoms with Crippen molar-refractivity contribution in [1.82, 2.24) is 0 Å². The summed E-state index contributed by atoms with van der Waals surface area (Å²) >= 11 is -2.72. The van der Waals surface area contributed by atoms with Gasteiger partial charge in [0.15, 0.2) is 0 Å². The van der Waals surface area contributed by atoms with Crippen molar-refractivity contribution in [2.75, 3.05) is 0 Å². The van der Waals surface area contributed by atoms with Crippen molar-refractivity contribution < 1.29 is 21.3 Å². The predicted octanol–water partition coefficient (Wildman–Crippen LogP) is 9.19. The van der Waals surface area contributed by atoms with Crippen molar-refractivity contribution in [3.63, 3.8) is 0 Å². The molecule has 0 radical (unpaired) electrons. The fourth-order valence-electron chi connectivity index (χ4n) is 6.81. The Morgan fingerprint density at radius 1 is 0.447 bits per heavy atom. The Kier molecular flexibility index (Phi) is 6.06. The quantitative estimate of drug-likeness (QED) is 0.204. The molecule has 0 N–H and O–H groups in total. The molecular formula is C37H30Zr. The second kappa shape index (κ2) is 9.72. The van der Waals surface area contributed by atoms with E-state index >= 15 is 0 Å². The van der Waals surface area contributed by atoms with Crippen molar-refractivity contribution in [2.24, 2.45) is 0 Å². The van der Waals surface area contributed by atoms with Crippen LogP contribution in [0.25, 0.3) is 16.7 Å². The van der Waals surface area contributed by atoms with E-state index in [4.69, 9.17) is 0 Å². The van der Waals surface area contributed by atoms with Crippen molar-refractivity contribution in [2.45, 2.75) is 21.1 Å². The topological polar surface area (TPSA) is 0 Å². The molecule has 5 aromatic rings. The summed E-state index contributed by atoms with van der Waals surface area (Å²) in [7, 11) is 0. The number of hydrogen-bond donors (Lipinski definition) is 0. The molecule has 0 saturated carbocycles. The first kappa shape index (κ1) is 23.7. The normalized spacial score (nSPS) is 15.7. The molecule has 0 nitrogen and oxygen atoms in total. The van der Waals surface area contributed by atoms with Crippen LogP contribution in [-0.2, 0) is 21.3 Å². The van der Waals surface area contributed by atoms with E-state index in [9.17, 15) is 0 Å². The molecular weight excluding hydrogens is 536 g/mol. The van der Waals surface area contributed by atoms with Crippen LogP contribution in [0.4, 0.5) is 0 Å². The minimum atomic E-state index is -2.72. The first-order valence-corrected chi connectivity index (χ1v) is 17.6. The molecule has 7 rings (SSSR count). The van der Waals surface area contributed by atoms with E-state index in [0.29, 0.717) is 7.25 Å². The van der Waals surface area contributed by atoms with Crippen LogP contribution in [0.2, 0.25) is 0 Å². The van der Waals surface area contributed by atoms with Crippen LogP contribution in [0, 0.1) is 0 Å². The van der Waals surface area contributed by atoms with Crippen LogP contribution >= 0.6 is 0 Å². The van der Waals surface area contributed by atoms with Gasteiger partial charge in [-0.05, 0) is 0 Å². The van der Waals surface area contributed by atoms with Crippen LogP contribution in [-0.4, -0.2) is 3.21 Å². The van der Waals surface area contributed by atoms with Crippen LogP contribution < -0.4 is 0 Å². The van der Waals surface area contributed by atoms with Crippen LogP contribution in [0.1, 0.15) is 54.5 Å². The summed E-state index contributed by atoms with van der Waals surface area (Å²) in [5, 5.41) is 0. The Morgan fingerprint density at radius 3 is 1.34 bits per heavy atom. The molecule has 182 valence electrons. The Morgan fingerprint density at radius 2 is 0.842 bits per heavy atom. The second-order valence-corrected chi connectivity index (χ2v) is 16.8. The third kappa shape index (κ3) is 3.71. The monoisotopic (exact) mass is 564 g/mol. The average molecular weight is 566 g/mol. The Hall–Kier alpha value is -3.41. The summed E-state index contributed by atoms with van der Waals surface area (Å²) < 4.78 is 2.55. The second-order valence-electron chi connectivity index (χ2n) is 10.5. The molecule has 1 unspecified atom stereocenters. The van der Waals surface area contributed by atoms with E-state index in [1.807, 2.05) is 0 Å². The average Bonchev–Trinajstić information content (AvgIpc) is 3.44. The van der Waals surface area contributed by atoms with Gasteiger partial charge in [0, 0.05) is 0 Å². The van der Waals surface area contributed by atoms with Crippen molar-refractivity contribution in [3.05, 3.63) is 172 Å². The van der Waals surface area contributed by atoms with Gasteiger partial charge in [0.05, 0.1) is 0 Å². The number of hydrogen-bond acceptors (Lipinski definition) is 0. The third-order valence-electron chi connectivity index (χ3n) is 8.57. The zero-order chi connectivity index (χ0) is 25.6. The van der Waals surface area contributed by atoms with E-state index in [1.165, 1.54) is 44.5 Å². The predicted molar refractivity (Wildman–Crippen MR) is 157 cm³/mol. The molecule has 2 aliphatic rings. The molecule has 5 aromatic carbocycles. The van der Waals surface area contributed by atoms with E-state index < -0.39 is 21.3 Å². The molecule has 0 fully saturated rings. The Labute approximate surface area is 233 Å². The Balaban J connectivity index is 1.64. The SMILES string of the molecule is CC1=C(C)[CH]([Zr](=[C](c2ccccc2)c2ccccc2)[CH]2c3ccccc3-c3ccccc32)c2ccccc21. The maximum absolute atomic E-state index is 2.72. The van der Waals surface area contributed by atoms with Crippen molar-refractivity contribution >= 4 is 8.78 Å². The molecule has 0 saturated heterocycles. The summed E-state index contributed by atoms with van der Waals surface area (Å²) in [6.07, 6.45) is 0. The molecule has 1 atom stereocenters. The number of fused-ring (bicyclic) bond motifs is 4. The molecule has 2 aliphatic carbocycles. The van der Waals surface area contributed by atoms with E-state index in [-0.39, 0.29) is 0 Å². The van der Waals surface area contributed by atoms with Crippen LogP contribution in [0.15, 0.2) is 139 Å². The molecule has 0 amide bonds. The molecule has 0 bridgehead atoms. The first-order valence-electron chi connectivity index (χ1n) is 13.5. The van der Waals surface area contributed by atoms with Gasteiger partial charge in [-0.15, -0.1) is 0 Å². The van der Waals surface area contributed by atoms with Gasteiger partial charge in [-0.3, -0.25) is 0 Å². The summed E-state index contributed by atoms with van der Waals surface area (Å²) in [6, 6.07) is 50.2. The van der Waals surface area contributed by atoms with Crippen LogP contribution in [0.3, 0.4) is 0 Å². The van der Waals surface area contributed by atoms with Gasteiger partial charge < -0.3 is 0 Å². The summed E-state index contributed by atoms with van der Waals surface area (Å²) in [5.41, 5.74) is 14.7. The number of rotatable bonds is 4.